The molecule has 0 aliphatic rings. The average Bonchev–Trinajstić information content (AvgIpc) is 3.41. The second-order valence-electron chi connectivity index (χ2n) is 11.1. The molecule has 0 saturated carbocycles. The van der Waals surface area contributed by atoms with E-state index in [-0.39, 0.29) is 20.1 Å². The fourth-order valence-corrected chi connectivity index (χ4v) is 5.91. The summed E-state index contributed by atoms with van der Waals surface area (Å²) in [5.41, 5.74) is 9.76. The van der Waals surface area contributed by atoms with E-state index in [0.29, 0.717) is 11.8 Å². The fraction of sp³-hybridized carbons (Fsp3) is 0.265. The Morgan fingerprint density at radius 3 is 2.16 bits per heavy atom. The zero-order chi connectivity index (χ0) is 25.7. The minimum Gasteiger partial charge on any atom is -0.342 e. The van der Waals surface area contributed by atoms with E-state index in [9.17, 15) is 0 Å². The van der Waals surface area contributed by atoms with Gasteiger partial charge >= 0.3 is 0 Å². The first-order chi connectivity index (χ1) is 17.9. The number of hydrogen-bond donors (Lipinski definition) is 0. The van der Waals surface area contributed by atoms with Crippen molar-refractivity contribution < 1.29 is 20.1 Å². The number of nitrogens with zero attached hydrogens (tertiary/aromatic N) is 3. The van der Waals surface area contributed by atoms with Gasteiger partial charge in [0.2, 0.25) is 0 Å². The van der Waals surface area contributed by atoms with Gasteiger partial charge in [0.15, 0.2) is 0 Å². The summed E-state index contributed by atoms with van der Waals surface area (Å²) in [5, 5.41) is 2.69. The molecule has 4 aromatic carbocycles. The zero-order valence-corrected chi connectivity index (χ0v) is 25.1. The first-order valence-corrected chi connectivity index (χ1v) is 13.4. The number of aryl methyl sites for hydroxylation is 1. The van der Waals surface area contributed by atoms with E-state index in [0.717, 1.165) is 35.3 Å². The molecule has 0 atom stereocenters. The second kappa shape index (κ2) is 10.5. The minimum atomic E-state index is 0. The minimum absolute atomic E-state index is 0. The van der Waals surface area contributed by atoms with Crippen molar-refractivity contribution in [1.82, 2.24) is 14.1 Å². The largest absolute Gasteiger partial charge is 0.342 e. The van der Waals surface area contributed by atoms with E-state index < -0.39 is 0 Å². The summed E-state index contributed by atoms with van der Waals surface area (Å²) in [7, 11) is 2.22. The van der Waals surface area contributed by atoms with Gasteiger partial charge in [0.05, 0.1) is 28.1 Å². The monoisotopic (exact) mass is 677 g/mol. The van der Waals surface area contributed by atoms with Crippen LogP contribution < -0.4 is 0 Å². The SMILES string of the molecule is CC(C)Cc1cc(CC(C)C)c2c3ccccc3n(C)c2c1-n1c(-c2[c-]cccc2)nc2ccccc21.[Ir]. The Balaban J connectivity index is 0.00000294. The van der Waals surface area contributed by atoms with Gasteiger partial charge in [0, 0.05) is 43.4 Å². The Morgan fingerprint density at radius 2 is 1.45 bits per heavy atom. The molecule has 38 heavy (non-hydrogen) atoms. The van der Waals surface area contributed by atoms with Crippen molar-refractivity contribution in [3.05, 3.63) is 96.1 Å². The Bertz CT molecular complexity index is 1740. The van der Waals surface area contributed by atoms with Gasteiger partial charge in [-0.1, -0.05) is 64.1 Å². The quantitative estimate of drug-likeness (QED) is 0.162. The molecule has 0 fully saturated rings. The Hall–Kier alpha value is -3.20. The molecule has 3 nitrogen and oxygen atoms in total. The van der Waals surface area contributed by atoms with Crippen LogP contribution in [-0.2, 0) is 40.0 Å². The fourth-order valence-electron chi connectivity index (χ4n) is 5.91. The number of aromatic nitrogens is 3. The average molecular weight is 677 g/mol. The van der Waals surface area contributed by atoms with Crippen molar-refractivity contribution in [3.63, 3.8) is 0 Å². The standard InChI is InChI=1S/C34H34N3.Ir/c1-22(2)19-25-21-26(20-23(3)4)32(33-31(25)27-15-9-11-17-29(27)36(33)5)37-30-18-12-10-16-28(30)35-34(37)24-13-7-6-8-14-24;/h6-13,15-18,21-23H,19-20H2,1-5H3;/q-1;. The van der Waals surface area contributed by atoms with E-state index >= 15 is 0 Å². The molecule has 0 aliphatic heterocycles. The molecule has 6 aromatic rings. The van der Waals surface area contributed by atoms with E-state index in [1.54, 1.807) is 0 Å². The molecule has 2 heterocycles. The van der Waals surface area contributed by atoms with Crippen LogP contribution in [0.2, 0.25) is 0 Å². The molecule has 195 valence electrons. The predicted octanol–water partition coefficient (Wildman–Crippen LogP) is 8.53. The summed E-state index contributed by atoms with van der Waals surface area (Å²) in [6, 6.07) is 31.5. The van der Waals surface area contributed by atoms with Gasteiger partial charge in [-0.05, 0) is 54.0 Å². The molecule has 0 N–H and O–H groups in total. The molecule has 0 bridgehead atoms. The normalized spacial score (nSPS) is 11.8. The molecule has 0 aliphatic carbocycles. The topological polar surface area (TPSA) is 22.8 Å². The molecule has 0 saturated heterocycles. The molecule has 0 spiro atoms. The summed E-state index contributed by atoms with van der Waals surface area (Å²) in [5.74, 6) is 2.04. The maximum absolute atomic E-state index is 5.16. The van der Waals surface area contributed by atoms with Crippen LogP contribution in [0.25, 0.3) is 49.9 Å². The molecular weight excluding hydrogens is 643 g/mol. The van der Waals surface area contributed by atoms with Crippen molar-refractivity contribution >= 4 is 32.8 Å². The van der Waals surface area contributed by atoms with Crippen LogP contribution in [0.5, 0.6) is 0 Å². The maximum Gasteiger partial charge on any atom is 0.0774 e. The third-order valence-electron chi connectivity index (χ3n) is 7.30. The van der Waals surface area contributed by atoms with Gasteiger partial charge in [-0.3, -0.25) is 4.98 Å². The van der Waals surface area contributed by atoms with Gasteiger partial charge in [-0.2, -0.15) is 0 Å². The smallest absolute Gasteiger partial charge is 0.0774 e. The molecule has 2 aromatic heterocycles. The molecule has 0 amide bonds. The summed E-state index contributed by atoms with van der Waals surface area (Å²) in [6.45, 7) is 9.27. The number of hydrogen-bond acceptors (Lipinski definition) is 1. The summed E-state index contributed by atoms with van der Waals surface area (Å²) in [4.78, 5) is 5.16. The van der Waals surface area contributed by atoms with Crippen molar-refractivity contribution in [1.29, 1.82) is 0 Å². The molecular formula is C34H34IrN3-. The van der Waals surface area contributed by atoms with Crippen molar-refractivity contribution in [2.24, 2.45) is 18.9 Å². The molecule has 4 heteroatoms. The molecule has 6 rings (SSSR count). The molecule has 0 unspecified atom stereocenters. The summed E-state index contributed by atoms with van der Waals surface area (Å²) < 4.78 is 4.81. The Morgan fingerprint density at radius 1 is 0.789 bits per heavy atom. The summed E-state index contributed by atoms with van der Waals surface area (Å²) in [6.07, 6.45) is 2.06. The van der Waals surface area contributed by atoms with Crippen LogP contribution in [0.4, 0.5) is 0 Å². The summed E-state index contributed by atoms with van der Waals surface area (Å²) >= 11 is 0. The van der Waals surface area contributed by atoms with E-state index in [1.807, 2.05) is 12.1 Å². The van der Waals surface area contributed by atoms with Crippen molar-refractivity contribution in [2.45, 2.75) is 40.5 Å². The van der Waals surface area contributed by atoms with Crippen LogP contribution in [0.15, 0.2) is 78.9 Å². The maximum atomic E-state index is 5.16. The third kappa shape index (κ3) is 4.40. The first kappa shape index (κ1) is 26.4. The van der Waals surface area contributed by atoms with Gasteiger partial charge in [0.1, 0.15) is 0 Å². The Kier molecular flexibility index (Phi) is 7.31. The predicted molar refractivity (Wildman–Crippen MR) is 156 cm³/mol. The van der Waals surface area contributed by atoms with E-state index in [4.69, 9.17) is 4.98 Å². The van der Waals surface area contributed by atoms with Gasteiger partial charge in [-0.25, -0.2) is 0 Å². The van der Waals surface area contributed by atoms with Crippen LogP contribution in [0, 0.1) is 17.9 Å². The number of imidazole rings is 1. The van der Waals surface area contributed by atoms with E-state index in [2.05, 4.69) is 117 Å². The second-order valence-corrected chi connectivity index (χ2v) is 11.1. The van der Waals surface area contributed by atoms with Crippen LogP contribution >= 0.6 is 0 Å². The van der Waals surface area contributed by atoms with Crippen molar-refractivity contribution in [3.8, 4) is 17.1 Å². The zero-order valence-electron chi connectivity index (χ0n) is 22.7. The van der Waals surface area contributed by atoms with Crippen LogP contribution in [0.1, 0.15) is 38.8 Å². The van der Waals surface area contributed by atoms with Gasteiger partial charge < -0.3 is 9.13 Å². The van der Waals surface area contributed by atoms with Gasteiger partial charge in [0.25, 0.3) is 0 Å². The Labute approximate surface area is 238 Å². The number of rotatable bonds is 6. The van der Waals surface area contributed by atoms with E-state index in [1.165, 1.54) is 38.6 Å². The third-order valence-corrected chi connectivity index (χ3v) is 7.30. The number of benzene rings is 4. The number of para-hydroxylation sites is 3. The first-order valence-electron chi connectivity index (χ1n) is 13.4. The van der Waals surface area contributed by atoms with Crippen LogP contribution in [-0.4, -0.2) is 14.1 Å². The van der Waals surface area contributed by atoms with Crippen LogP contribution in [0.3, 0.4) is 0 Å². The molecule has 1 radical (unpaired) electrons. The van der Waals surface area contributed by atoms with Crippen molar-refractivity contribution in [2.75, 3.05) is 0 Å². The number of fused-ring (bicyclic) bond motifs is 4. The van der Waals surface area contributed by atoms with Gasteiger partial charge in [-0.15, -0.1) is 35.9 Å².